The number of fused-ring (bicyclic) bond motifs is 1. The van der Waals surface area contributed by atoms with Gasteiger partial charge in [0.05, 0.1) is 25.9 Å². The molecule has 2 saturated heterocycles. The van der Waals surface area contributed by atoms with Crippen LogP contribution in [0.5, 0.6) is 0 Å². The van der Waals surface area contributed by atoms with Gasteiger partial charge in [0.15, 0.2) is 0 Å². The van der Waals surface area contributed by atoms with Crippen LogP contribution in [0.15, 0.2) is 84.9 Å². The lowest BCUT2D eigenvalue weighted by Gasteiger charge is -2.18. The maximum Gasteiger partial charge on any atom is 0.114 e. The fourth-order valence-electron chi connectivity index (χ4n) is 4.25. The van der Waals surface area contributed by atoms with Gasteiger partial charge in [-0.25, -0.2) is 0 Å². The van der Waals surface area contributed by atoms with Gasteiger partial charge in [0.2, 0.25) is 0 Å². The van der Waals surface area contributed by atoms with Gasteiger partial charge in [0, 0.05) is 6.54 Å². The molecule has 4 heteroatoms. The van der Waals surface area contributed by atoms with E-state index in [1.54, 1.807) is 0 Å². The normalized spacial score (nSPS) is 25.3. The number of ether oxygens (including phenoxy) is 3. The van der Waals surface area contributed by atoms with Crippen molar-refractivity contribution in [3.05, 3.63) is 96.1 Å². The van der Waals surface area contributed by atoms with Crippen LogP contribution < -0.4 is 5.32 Å². The maximum absolute atomic E-state index is 6.09. The predicted octanol–water partition coefficient (Wildman–Crippen LogP) is 4.19. The molecule has 154 valence electrons. The fraction of sp³-hybridized carbons (Fsp3) is 0.308. The first-order chi connectivity index (χ1) is 14.9. The molecule has 2 heterocycles. The molecule has 0 spiro atoms. The number of hydrogen-bond acceptors (Lipinski definition) is 4. The Morgan fingerprint density at radius 2 is 1.37 bits per heavy atom. The van der Waals surface area contributed by atoms with Crippen LogP contribution >= 0.6 is 0 Å². The molecule has 3 aromatic carbocycles. The third-order valence-corrected chi connectivity index (χ3v) is 5.94. The second-order valence-electron chi connectivity index (χ2n) is 7.98. The SMILES string of the molecule is c1ccc(CO[C@H]2CO[C@H]3[C@@H]2OC[C@H]3NCc2ccc(-c3ccccc3)cc2)cc1. The molecule has 2 aliphatic rings. The van der Waals surface area contributed by atoms with Crippen LogP contribution in [-0.4, -0.2) is 37.6 Å². The molecule has 0 amide bonds. The van der Waals surface area contributed by atoms with Gasteiger partial charge in [-0.3, -0.25) is 0 Å². The van der Waals surface area contributed by atoms with Crippen LogP contribution in [0.4, 0.5) is 0 Å². The zero-order valence-electron chi connectivity index (χ0n) is 16.9. The summed E-state index contributed by atoms with van der Waals surface area (Å²) in [5.41, 5.74) is 4.91. The maximum atomic E-state index is 6.09. The van der Waals surface area contributed by atoms with E-state index in [4.69, 9.17) is 14.2 Å². The Balaban J connectivity index is 1.13. The predicted molar refractivity (Wildman–Crippen MR) is 117 cm³/mol. The van der Waals surface area contributed by atoms with E-state index in [0.29, 0.717) is 19.8 Å². The van der Waals surface area contributed by atoms with Crippen LogP contribution in [0.2, 0.25) is 0 Å². The van der Waals surface area contributed by atoms with Gasteiger partial charge in [-0.2, -0.15) is 0 Å². The third-order valence-electron chi connectivity index (χ3n) is 5.94. The number of hydrogen-bond donors (Lipinski definition) is 1. The van der Waals surface area contributed by atoms with Crippen molar-refractivity contribution < 1.29 is 14.2 Å². The zero-order chi connectivity index (χ0) is 20.2. The lowest BCUT2D eigenvalue weighted by Crippen LogP contribution is -2.41. The second-order valence-corrected chi connectivity index (χ2v) is 7.98. The van der Waals surface area contributed by atoms with E-state index in [1.807, 2.05) is 24.3 Å². The van der Waals surface area contributed by atoms with Crippen molar-refractivity contribution in [2.45, 2.75) is 37.5 Å². The van der Waals surface area contributed by atoms with E-state index < -0.39 is 0 Å². The van der Waals surface area contributed by atoms with Crippen molar-refractivity contribution in [1.82, 2.24) is 5.32 Å². The average Bonchev–Trinajstić information content (AvgIpc) is 3.40. The van der Waals surface area contributed by atoms with Gasteiger partial charge >= 0.3 is 0 Å². The molecular formula is C26H27NO3. The number of benzene rings is 3. The van der Waals surface area contributed by atoms with Gasteiger partial charge in [0.1, 0.15) is 18.3 Å². The summed E-state index contributed by atoms with van der Waals surface area (Å²) in [6, 6.07) is 29.6. The largest absolute Gasteiger partial charge is 0.371 e. The summed E-state index contributed by atoms with van der Waals surface area (Å²) >= 11 is 0. The highest BCUT2D eigenvalue weighted by Crippen LogP contribution is 2.29. The van der Waals surface area contributed by atoms with Gasteiger partial charge in [-0.05, 0) is 22.3 Å². The highest BCUT2D eigenvalue weighted by molar-refractivity contribution is 5.63. The summed E-state index contributed by atoms with van der Waals surface area (Å²) in [6.07, 6.45) is 0.0493. The van der Waals surface area contributed by atoms with Crippen molar-refractivity contribution in [2.75, 3.05) is 13.2 Å². The first kappa shape index (κ1) is 19.5. The Labute approximate surface area is 177 Å². The van der Waals surface area contributed by atoms with E-state index in [-0.39, 0.29) is 24.4 Å². The summed E-state index contributed by atoms with van der Waals surface area (Å²) in [5.74, 6) is 0. The van der Waals surface area contributed by atoms with Crippen molar-refractivity contribution >= 4 is 0 Å². The Hall–Kier alpha value is -2.50. The molecule has 0 saturated carbocycles. The third kappa shape index (κ3) is 4.32. The fourth-order valence-corrected chi connectivity index (χ4v) is 4.25. The van der Waals surface area contributed by atoms with Gasteiger partial charge < -0.3 is 19.5 Å². The summed E-state index contributed by atoms with van der Waals surface area (Å²) < 4.78 is 18.2. The molecule has 0 bridgehead atoms. The summed E-state index contributed by atoms with van der Waals surface area (Å²) in [6.45, 7) is 2.63. The summed E-state index contributed by atoms with van der Waals surface area (Å²) in [5, 5.41) is 3.62. The molecule has 4 nitrogen and oxygen atoms in total. The van der Waals surface area contributed by atoms with Gasteiger partial charge in [-0.1, -0.05) is 84.9 Å². The van der Waals surface area contributed by atoms with E-state index in [2.05, 4.69) is 66.0 Å². The van der Waals surface area contributed by atoms with Crippen molar-refractivity contribution in [3.8, 4) is 11.1 Å². The van der Waals surface area contributed by atoms with E-state index in [9.17, 15) is 0 Å². The molecule has 2 aliphatic heterocycles. The summed E-state index contributed by atoms with van der Waals surface area (Å²) in [7, 11) is 0. The van der Waals surface area contributed by atoms with Crippen molar-refractivity contribution in [1.29, 1.82) is 0 Å². The van der Waals surface area contributed by atoms with E-state index >= 15 is 0 Å². The molecule has 2 fully saturated rings. The average molecular weight is 402 g/mol. The molecule has 0 aromatic heterocycles. The van der Waals surface area contributed by atoms with Crippen LogP contribution in [0.1, 0.15) is 11.1 Å². The van der Waals surface area contributed by atoms with Crippen LogP contribution in [0.25, 0.3) is 11.1 Å². The van der Waals surface area contributed by atoms with Crippen molar-refractivity contribution in [2.24, 2.45) is 0 Å². The van der Waals surface area contributed by atoms with Gasteiger partial charge in [0.25, 0.3) is 0 Å². The minimum atomic E-state index is -0.00726. The summed E-state index contributed by atoms with van der Waals surface area (Å²) in [4.78, 5) is 0. The highest BCUT2D eigenvalue weighted by atomic mass is 16.6. The lowest BCUT2D eigenvalue weighted by atomic mass is 10.0. The molecule has 30 heavy (non-hydrogen) atoms. The minimum Gasteiger partial charge on any atom is -0.371 e. The topological polar surface area (TPSA) is 39.7 Å². The Kier molecular flexibility index (Phi) is 5.91. The standard InChI is InChI=1S/C26H27NO3/c1-3-7-20(8-4-1)16-28-24-18-30-25-23(17-29-26(24)25)27-15-19-11-13-22(14-12-19)21-9-5-2-6-10-21/h1-14,23-27H,15-18H2/t23-,24+,25-,26-/m1/s1. The molecule has 0 aliphatic carbocycles. The van der Waals surface area contributed by atoms with Crippen molar-refractivity contribution in [3.63, 3.8) is 0 Å². The molecule has 0 unspecified atom stereocenters. The Morgan fingerprint density at radius 3 is 2.13 bits per heavy atom. The zero-order valence-corrected chi connectivity index (χ0v) is 16.9. The lowest BCUT2D eigenvalue weighted by molar-refractivity contribution is -0.0393. The van der Waals surface area contributed by atoms with Crippen LogP contribution in [-0.2, 0) is 27.4 Å². The molecule has 3 aromatic rings. The van der Waals surface area contributed by atoms with Crippen LogP contribution in [0, 0.1) is 0 Å². The monoisotopic (exact) mass is 401 g/mol. The Morgan fingerprint density at radius 1 is 0.700 bits per heavy atom. The minimum absolute atomic E-state index is 0.00617. The van der Waals surface area contributed by atoms with Gasteiger partial charge in [-0.15, -0.1) is 0 Å². The van der Waals surface area contributed by atoms with E-state index in [1.165, 1.54) is 22.3 Å². The number of nitrogens with one attached hydrogen (secondary N) is 1. The molecule has 5 rings (SSSR count). The first-order valence-electron chi connectivity index (χ1n) is 10.6. The molecule has 0 radical (unpaired) electrons. The highest BCUT2D eigenvalue weighted by Gasteiger charge is 2.48. The Bertz CT molecular complexity index is 930. The number of rotatable bonds is 7. The van der Waals surface area contributed by atoms with Crippen LogP contribution in [0.3, 0.4) is 0 Å². The second kappa shape index (κ2) is 9.11. The van der Waals surface area contributed by atoms with E-state index in [0.717, 1.165) is 6.54 Å². The molecule has 1 N–H and O–H groups in total. The quantitative estimate of drug-likeness (QED) is 0.644. The smallest absolute Gasteiger partial charge is 0.114 e. The molecule has 4 atom stereocenters. The molecular weight excluding hydrogens is 374 g/mol. The first-order valence-corrected chi connectivity index (χ1v) is 10.6.